The lowest BCUT2D eigenvalue weighted by Gasteiger charge is -2.08. The number of halogens is 3. The predicted molar refractivity (Wildman–Crippen MR) is 36.0 cm³/mol. The predicted octanol–water partition coefficient (Wildman–Crippen LogP) is -0.356. The van der Waals surface area contributed by atoms with Crippen molar-refractivity contribution >= 4 is 0 Å². The maximum atomic E-state index is 11.4. The van der Waals surface area contributed by atoms with Crippen LogP contribution in [0.3, 0.4) is 0 Å². The smallest absolute Gasteiger partial charge is 0.329 e. The van der Waals surface area contributed by atoms with Gasteiger partial charge in [0.05, 0.1) is 0 Å². The lowest BCUT2D eigenvalue weighted by Crippen LogP contribution is -2.38. The minimum Gasteiger partial charge on any atom is -0.329 e. The van der Waals surface area contributed by atoms with Gasteiger partial charge in [0.25, 0.3) is 0 Å². The molecule has 0 aromatic heterocycles. The van der Waals surface area contributed by atoms with Gasteiger partial charge in [0.2, 0.25) is 0 Å². The van der Waals surface area contributed by atoms with Crippen molar-refractivity contribution < 1.29 is 13.2 Å². The maximum Gasteiger partial charge on any atom is 0.457 e. The number of hydrogen-bond acceptors (Lipinski definition) is 3. The summed E-state index contributed by atoms with van der Waals surface area (Å²) in [5, 5.41) is 4.10. The van der Waals surface area contributed by atoms with Crippen molar-refractivity contribution in [2.75, 3.05) is 26.2 Å². The fourth-order valence-corrected chi connectivity index (χ4v) is 0.520. The standard InChI is InChI=1S/C5H12F3N3/c6-5(7,8)11-4-3-10-2-1-9/h10-11H,1-4,9H2. The molecule has 0 rings (SSSR count). The van der Waals surface area contributed by atoms with Gasteiger partial charge >= 0.3 is 6.30 Å². The summed E-state index contributed by atoms with van der Waals surface area (Å²) in [5.41, 5.74) is 5.09. The number of rotatable bonds is 5. The van der Waals surface area contributed by atoms with Gasteiger partial charge in [-0.1, -0.05) is 0 Å². The van der Waals surface area contributed by atoms with Crippen molar-refractivity contribution in [2.45, 2.75) is 6.30 Å². The van der Waals surface area contributed by atoms with Gasteiger partial charge in [-0.3, -0.25) is 0 Å². The van der Waals surface area contributed by atoms with Crippen molar-refractivity contribution in [3.63, 3.8) is 0 Å². The zero-order valence-electron chi connectivity index (χ0n) is 6.04. The van der Waals surface area contributed by atoms with Gasteiger partial charge in [-0.05, 0) is 0 Å². The van der Waals surface area contributed by atoms with Gasteiger partial charge < -0.3 is 11.1 Å². The molecule has 0 aromatic carbocycles. The molecule has 0 aliphatic rings. The highest BCUT2D eigenvalue weighted by Crippen LogP contribution is 2.07. The van der Waals surface area contributed by atoms with E-state index in [2.05, 4.69) is 5.32 Å². The summed E-state index contributed by atoms with van der Waals surface area (Å²) in [6.07, 6.45) is -4.27. The maximum absolute atomic E-state index is 11.4. The molecule has 11 heavy (non-hydrogen) atoms. The van der Waals surface area contributed by atoms with Crippen LogP contribution in [0.25, 0.3) is 0 Å². The van der Waals surface area contributed by atoms with Gasteiger partial charge in [0.1, 0.15) is 0 Å². The summed E-state index contributed by atoms with van der Waals surface area (Å²) in [4.78, 5) is 0. The highest BCUT2D eigenvalue weighted by atomic mass is 19.4. The first kappa shape index (κ1) is 10.7. The molecular weight excluding hydrogens is 159 g/mol. The minimum atomic E-state index is -4.27. The second-order valence-electron chi connectivity index (χ2n) is 1.96. The van der Waals surface area contributed by atoms with E-state index in [-0.39, 0.29) is 13.1 Å². The molecule has 3 nitrogen and oxygen atoms in total. The molecule has 0 saturated heterocycles. The Kier molecular flexibility index (Phi) is 5.18. The molecule has 0 heterocycles. The Bertz CT molecular complexity index is 93.5. The average Bonchev–Trinajstić information content (AvgIpc) is 1.85. The number of hydrogen-bond donors (Lipinski definition) is 3. The second kappa shape index (κ2) is 5.34. The monoisotopic (exact) mass is 171 g/mol. The fraction of sp³-hybridized carbons (Fsp3) is 1.00. The Hall–Kier alpha value is -0.330. The zero-order chi connectivity index (χ0) is 8.74. The first-order valence-corrected chi connectivity index (χ1v) is 3.29. The molecule has 6 heteroatoms. The van der Waals surface area contributed by atoms with Gasteiger partial charge in [-0.15, -0.1) is 0 Å². The van der Waals surface area contributed by atoms with E-state index in [4.69, 9.17) is 5.73 Å². The van der Waals surface area contributed by atoms with Crippen LogP contribution < -0.4 is 16.4 Å². The molecule has 0 unspecified atom stereocenters. The van der Waals surface area contributed by atoms with Crippen LogP contribution in [-0.4, -0.2) is 32.5 Å². The molecule has 0 fully saturated rings. The Morgan fingerprint density at radius 2 is 1.73 bits per heavy atom. The summed E-state index contributed by atoms with van der Waals surface area (Å²) >= 11 is 0. The van der Waals surface area contributed by atoms with Crippen molar-refractivity contribution in [1.82, 2.24) is 10.6 Å². The topological polar surface area (TPSA) is 50.1 Å². The fourth-order valence-electron chi connectivity index (χ4n) is 0.520. The normalized spacial score (nSPS) is 12.0. The summed E-state index contributed by atoms with van der Waals surface area (Å²) < 4.78 is 34.2. The number of alkyl halides is 3. The minimum absolute atomic E-state index is 0.122. The molecule has 0 spiro atoms. The third-order valence-corrected chi connectivity index (χ3v) is 0.948. The Morgan fingerprint density at radius 1 is 1.09 bits per heavy atom. The van der Waals surface area contributed by atoms with E-state index in [0.29, 0.717) is 13.1 Å². The van der Waals surface area contributed by atoms with Crippen molar-refractivity contribution in [3.05, 3.63) is 0 Å². The molecule has 0 aliphatic heterocycles. The highest BCUT2D eigenvalue weighted by molar-refractivity contribution is 4.53. The van der Waals surface area contributed by atoms with Crippen LogP contribution in [-0.2, 0) is 0 Å². The first-order valence-electron chi connectivity index (χ1n) is 3.29. The quantitative estimate of drug-likeness (QED) is 0.391. The molecule has 4 N–H and O–H groups in total. The van der Waals surface area contributed by atoms with E-state index in [0.717, 1.165) is 0 Å². The molecule has 0 amide bonds. The second-order valence-corrected chi connectivity index (χ2v) is 1.96. The summed E-state index contributed by atoms with van der Waals surface area (Å²) in [6.45, 7) is 1.13. The Balaban J connectivity index is 3.02. The Labute approximate surface area is 63.1 Å². The zero-order valence-corrected chi connectivity index (χ0v) is 6.04. The van der Waals surface area contributed by atoms with E-state index in [1.165, 1.54) is 5.32 Å². The van der Waals surface area contributed by atoms with Crippen LogP contribution in [0.1, 0.15) is 0 Å². The van der Waals surface area contributed by atoms with E-state index in [9.17, 15) is 13.2 Å². The van der Waals surface area contributed by atoms with Crippen molar-refractivity contribution in [1.29, 1.82) is 0 Å². The number of nitrogens with one attached hydrogen (secondary N) is 2. The van der Waals surface area contributed by atoms with E-state index in [1.807, 2.05) is 0 Å². The first-order chi connectivity index (χ1) is 5.06. The van der Waals surface area contributed by atoms with Gasteiger partial charge in [0, 0.05) is 26.2 Å². The summed E-state index contributed by atoms with van der Waals surface area (Å²) in [6, 6.07) is 0. The van der Waals surface area contributed by atoms with Crippen LogP contribution in [0.2, 0.25) is 0 Å². The van der Waals surface area contributed by atoms with Crippen LogP contribution in [0.5, 0.6) is 0 Å². The number of nitrogens with two attached hydrogens (primary N) is 1. The van der Waals surface area contributed by atoms with Crippen molar-refractivity contribution in [2.24, 2.45) is 5.73 Å². The molecule has 0 saturated carbocycles. The third kappa shape index (κ3) is 9.67. The SMILES string of the molecule is NCCNCCNC(F)(F)F. The molecule has 0 radical (unpaired) electrons. The molecule has 0 bridgehead atoms. The Morgan fingerprint density at radius 3 is 2.18 bits per heavy atom. The average molecular weight is 171 g/mol. The van der Waals surface area contributed by atoms with Crippen LogP contribution in [0.4, 0.5) is 13.2 Å². The van der Waals surface area contributed by atoms with E-state index < -0.39 is 6.30 Å². The van der Waals surface area contributed by atoms with Gasteiger partial charge in [0.15, 0.2) is 0 Å². The van der Waals surface area contributed by atoms with Crippen LogP contribution >= 0.6 is 0 Å². The largest absolute Gasteiger partial charge is 0.457 e. The molecule has 0 aliphatic carbocycles. The molecule has 0 aromatic rings. The summed E-state index contributed by atoms with van der Waals surface area (Å²) in [7, 11) is 0. The molecule has 0 atom stereocenters. The van der Waals surface area contributed by atoms with E-state index in [1.54, 1.807) is 0 Å². The highest BCUT2D eigenvalue weighted by Gasteiger charge is 2.25. The lowest BCUT2D eigenvalue weighted by molar-refractivity contribution is -0.156. The molecular formula is C5H12F3N3. The van der Waals surface area contributed by atoms with Crippen molar-refractivity contribution in [3.8, 4) is 0 Å². The lowest BCUT2D eigenvalue weighted by atomic mass is 10.5. The van der Waals surface area contributed by atoms with Crippen LogP contribution in [0, 0.1) is 0 Å². The van der Waals surface area contributed by atoms with E-state index >= 15 is 0 Å². The summed E-state index contributed by atoms with van der Waals surface area (Å²) in [5.74, 6) is 0. The van der Waals surface area contributed by atoms with Crippen LogP contribution in [0.15, 0.2) is 0 Å². The molecule has 68 valence electrons. The van der Waals surface area contributed by atoms with Gasteiger partial charge in [-0.2, -0.15) is 13.2 Å². The van der Waals surface area contributed by atoms with Gasteiger partial charge in [-0.25, -0.2) is 5.32 Å². The third-order valence-electron chi connectivity index (χ3n) is 0.948.